The van der Waals surface area contributed by atoms with Gasteiger partial charge in [-0.05, 0) is 18.2 Å². The lowest BCUT2D eigenvalue weighted by atomic mass is 9.92. The third kappa shape index (κ3) is 1.60. The zero-order valence-electron chi connectivity index (χ0n) is 8.38. The van der Waals surface area contributed by atoms with Crippen LogP contribution in [0.25, 0.3) is 0 Å². The molecule has 1 aliphatic heterocycles. The van der Waals surface area contributed by atoms with Gasteiger partial charge < -0.3 is 10.1 Å². The summed E-state index contributed by atoms with van der Waals surface area (Å²) >= 11 is 5.96. The minimum Gasteiger partial charge on any atom is -0.384 e. The quantitative estimate of drug-likeness (QED) is 0.771. The summed E-state index contributed by atoms with van der Waals surface area (Å²) in [5, 5.41) is 4.13. The third-order valence-electron chi connectivity index (χ3n) is 2.71. The standard InChI is InChI=1S/C11H14ClNO/c1-7-6-13-10-4-3-8(12)5-9(10)11(7)14-2/h3-5,7,11,13H,6H2,1-2H3. The fourth-order valence-electron chi connectivity index (χ4n) is 1.97. The van der Waals surface area contributed by atoms with Gasteiger partial charge in [-0.2, -0.15) is 0 Å². The fraction of sp³-hybridized carbons (Fsp3) is 0.455. The smallest absolute Gasteiger partial charge is 0.0883 e. The van der Waals surface area contributed by atoms with E-state index in [2.05, 4.69) is 12.2 Å². The first-order chi connectivity index (χ1) is 6.72. The first-order valence-corrected chi connectivity index (χ1v) is 5.16. The summed E-state index contributed by atoms with van der Waals surface area (Å²) in [6.07, 6.45) is 0.157. The van der Waals surface area contributed by atoms with Crippen LogP contribution in [0.3, 0.4) is 0 Å². The van der Waals surface area contributed by atoms with E-state index in [4.69, 9.17) is 16.3 Å². The van der Waals surface area contributed by atoms with Crippen LogP contribution in [0.2, 0.25) is 5.02 Å². The van der Waals surface area contributed by atoms with Crippen LogP contribution < -0.4 is 5.32 Å². The molecule has 1 aromatic carbocycles. The van der Waals surface area contributed by atoms with Crippen LogP contribution in [0.15, 0.2) is 18.2 Å². The van der Waals surface area contributed by atoms with Crippen molar-refractivity contribution in [1.82, 2.24) is 0 Å². The maximum atomic E-state index is 5.96. The number of rotatable bonds is 1. The van der Waals surface area contributed by atoms with Crippen molar-refractivity contribution in [2.24, 2.45) is 5.92 Å². The normalized spacial score (nSPS) is 25.4. The first kappa shape index (κ1) is 9.81. The van der Waals surface area contributed by atoms with Crippen LogP contribution >= 0.6 is 11.6 Å². The van der Waals surface area contributed by atoms with Crippen molar-refractivity contribution in [3.63, 3.8) is 0 Å². The van der Waals surface area contributed by atoms with Gasteiger partial charge in [0.1, 0.15) is 0 Å². The topological polar surface area (TPSA) is 21.3 Å². The summed E-state index contributed by atoms with van der Waals surface area (Å²) in [6, 6.07) is 5.89. The molecule has 0 saturated heterocycles. The summed E-state index contributed by atoms with van der Waals surface area (Å²) < 4.78 is 5.49. The lowest BCUT2D eigenvalue weighted by Gasteiger charge is -2.31. The highest BCUT2D eigenvalue weighted by Crippen LogP contribution is 2.36. The average Bonchev–Trinajstić information content (AvgIpc) is 2.17. The van der Waals surface area contributed by atoms with E-state index in [0.717, 1.165) is 17.3 Å². The largest absolute Gasteiger partial charge is 0.384 e. The molecule has 2 unspecified atom stereocenters. The molecule has 0 spiro atoms. The second kappa shape index (κ2) is 3.79. The van der Waals surface area contributed by atoms with Crippen LogP contribution in [0.1, 0.15) is 18.6 Å². The molecule has 2 atom stereocenters. The molecule has 0 aliphatic carbocycles. The Hall–Kier alpha value is -0.730. The molecule has 0 radical (unpaired) electrons. The summed E-state index contributed by atoms with van der Waals surface area (Å²) in [5.74, 6) is 0.478. The van der Waals surface area contributed by atoms with E-state index in [-0.39, 0.29) is 6.10 Å². The molecule has 0 bridgehead atoms. The van der Waals surface area contributed by atoms with Gasteiger partial charge in [-0.25, -0.2) is 0 Å². The van der Waals surface area contributed by atoms with E-state index in [9.17, 15) is 0 Å². The molecule has 0 amide bonds. The molecule has 0 aromatic heterocycles. The van der Waals surface area contributed by atoms with Gasteiger partial charge in [0, 0.05) is 35.8 Å². The highest BCUT2D eigenvalue weighted by atomic mass is 35.5. The molecular weight excluding hydrogens is 198 g/mol. The molecule has 2 nitrogen and oxygen atoms in total. The number of methoxy groups -OCH3 is 1. The maximum absolute atomic E-state index is 5.96. The Morgan fingerprint density at radius 1 is 1.50 bits per heavy atom. The Kier molecular flexibility index (Phi) is 2.66. The Bertz CT molecular complexity index is 340. The number of halogens is 1. The highest BCUT2D eigenvalue weighted by Gasteiger charge is 2.26. The van der Waals surface area contributed by atoms with E-state index < -0.39 is 0 Å². The molecule has 1 N–H and O–H groups in total. The number of hydrogen-bond donors (Lipinski definition) is 1. The summed E-state index contributed by atoms with van der Waals surface area (Å²) in [6.45, 7) is 3.12. The molecule has 0 fully saturated rings. The molecule has 1 aliphatic rings. The summed E-state index contributed by atoms with van der Waals surface area (Å²) in [4.78, 5) is 0. The van der Waals surface area contributed by atoms with Crippen LogP contribution in [-0.2, 0) is 4.74 Å². The second-order valence-corrected chi connectivity index (χ2v) is 4.18. The number of fused-ring (bicyclic) bond motifs is 1. The Balaban J connectivity index is 2.43. The number of hydrogen-bond acceptors (Lipinski definition) is 2. The van der Waals surface area contributed by atoms with Crippen molar-refractivity contribution in [3.8, 4) is 0 Å². The summed E-state index contributed by atoms with van der Waals surface area (Å²) in [7, 11) is 1.75. The van der Waals surface area contributed by atoms with Gasteiger partial charge in [0.05, 0.1) is 6.10 Å². The van der Waals surface area contributed by atoms with E-state index in [1.54, 1.807) is 7.11 Å². The maximum Gasteiger partial charge on any atom is 0.0883 e. The lowest BCUT2D eigenvalue weighted by Crippen LogP contribution is -2.26. The number of nitrogens with one attached hydrogen (secondary N) is 1. The van der Waals surface area contributed by atoms with Gasteiger partial charge in [-0.15, -0.1) is 0 Å². The summed E-state index contributed by atoms with van der Waals surface area (Å²) in [5.41, 5.74) is 2.30. The molecule has 0 saturated carbocycles. The monoisotopic (exact) mass is 211 g/mol. The number of benzene rings is 1. The van der Waals surface area contributed by atoms with E-state index in [0.29, 0.717) is 5.92 Å². The number of ether oxygens (including phenoxy) is 1. The molecule has 1 aromatic rings. The third-order valence-corrected chi connectivity index (χ3v) is 2.94. The van der Waals surface area contributed by atoms with Crippen molar-refractivity contribution in [1.29, 1.82) is 0 Å². The fourth-order valence-corrected chi connectivity index (χ4v) is 2.15. The highest BCUT2D eigenvalue weighted by molar-refractivity contribution is 6.30. The van der Waals surface area contributed by atoms with Gasteiger partial charge >= 0.3 is 0 Å². The van der Waals surface area contributed by atoms with Gasteiger partial charge in [0.2, 0.25) is 0 Å². The predicted molar refractivity (Wildman–Crippen MR) is 58.9 cm³/mol. The van der Waals surface area contributed by atoms with Crippen LogP contribution in [0.5, 0.6) is 0 Å². The van der Waals surface area contributed by atoms with Crippen LogP contribution in [0, 0.1) is 5.92 Å². The van der Waals surface area contributed by atoms with Crippen LogP contribution in [-0.4, -0.2) is 13.7 Å². The van der Waals surface area contributed by atoms with Crippen molar-refractivity contribution in [2.75, 3.05) is 19.0 Å². The van der Waals surface area contributed by atoms with E-state index in [1.165, 1.54) is 5.56 Å². The Labute approximate surface area is 89.2 Å². The molecule has 2 rings (SSSR count). The molecule has 1 heterocycles. The Morgan fingerprint density at radius 3 is 3.00 bits per heavy atom. The van der Waals surface area contributed by atoms with Crippen molar-refractivity contribution in [2.45, 2.75) is 13.0 Å². The number of anilines is 1. The average molecular weight is 212 g/mol. The van der Waals surface area contributed by atoms with Gasteiger partial charge in [0.25, 0.3) is 0 Å². The SMILES string of the molecule is COC1c2cc(Cl)ccc2NCC1C. The van der Waals surface area contributed by atoms with Crippen molar-refractivity contribution < 1.29 is 4.74 Å². The first-order valence-electron chi connectivity index (χ1n) is 4.78. The molecule has 14 heavy (non-hydrogen) atoms. The minimum atomic E-state index is 0.157. The van der Waals surface area contributed by atoms with Crippen molar-refractivity contribution in [3.05, 3.63) is 28.8 Å². The Morgan fingerprint density at radius 2 is 2.29 bits per heavy atom. The van der Waals surface area contributed by atoms with Crippen molar-refractivity contribution >= 4 is 17.3 Å². The zero-order valence-corrected chi connectivity index (χ0v) is 9.14. The van der Waals surface area contributed by atoms with Gasteiger partial charge in [0.15, 0.2) is 0 Å². The molecule has 3 heteroatoms. The molecular formula is C11H14ClNO. The van der Waals surface area contributed by atoms with E-state index in [1.807, 2.05) is 18.2 Å². The lowest BCUT2D eigenvalue weighted by molar-refractivity contribution is 0.0596. The predicted octanol–water partition coefficient (Wildman–Crippen LogP) is 3.09. The van der Waals surface area contributed by atoms with Crippen LogP contribution in [0.4, 0.5) is 5.69 Å². The zero-order chi connectivity index (χ0) is 10.1. The second-order valence-electron chi connectivity index (χ2n) is 3.75. The molecule has 76 valence electrons. The minimum absolute atomic E-state index is 0.157. The van der Waals surface area contributed by atoms with Gasteiger partial charge in [-0.1, -0.05) is 18.5 Å². The van der Waals surface area contributed by atoms with E-state index >= 15 is 0 Å². The van der Waals surface area contributed by atoms with Gasteiger partial charge in [-0.3, -0.25) is 0 Å².